The van der Waals surface area contributed by atoms with E-state index in [4.69, 9.17) is 9.47 Å². The van der Waals surface area contributed by atoms with Crippen LogP contribution in [-0.4, -0.2) is 25.7 Å². The first-order valence-electron chi connectivity index (χ1n) is 6.76. The predicted molar refractivity (Wildman–Crippen MR) is 84.1 cm³/mol. The summed E-state index contributed by atoms with van der Waals surface area (Å²) in [5, 5.41) is 4.90. The minimum absolute atomic E-state index is 0.00794. The van der Waals surface area contributed by atoms with E-state index in [-0.39, 0.29) is 11.9 Å². The van der Waals surface area contributed by atoms with Gasteiger partial charge in [-0.25, -0.2) is 0 Å². The fourth-order valence-corrected chi connectivity index (χ4v) is 2.60. The summed E-state index contributed by atoms with van der Waals surface area (Å²) < 4.78 is 10.9. The molecule has 112 valence electrons. The Balaban J connectivity index is 1.79. The Morgan fingerprint density at radius 1 is 1.24 bits per heavy atom. The number of amides is 1. The zero-order valence-corrected chi connectivity index (χ0v) is 13.0. The summed E-state index contributed by atoms with van der Waals surface area (Å²) in [6.45, 7) is 2.32. The summed E-state index contributed by atoms with van der Waals surface area (Å²) in [7, 11) is 1.61. The van der Waals surface area contributed by atoms with Gasteiger partial charge in [0.2, 0.25) is 5.91 Å². The van der Waals surface area contributed by atoms with Crippen LogP contribution in [0.4, 0.5) is 0 Å². The molecule has 1 aromatic carbocycles. The van der Waals surface area contributed by atoms with Gasteiger partial charge in [0, 0.05) is 4.88 Å². The molecule has 0 unspecified atom stereocenters. The smallest absolute Gasteiger partial charge is 0.225 e. The first-order valence-corrected chi connectivity index (χ1v) is 7.64. The number of nitrogens with one attached hydrogen (secondary N) is 1. The minimum atomic E-state index is -0.0672. The van der Waals surface area contributed by atoms with Crippen molar-refractivity contribution in [2.75, 3.05) is 13.7 Å². The summed E-state index contributed by atoms with van der Waals surface area (Å²) in [4.78, 5) is 12.9. The lowest BCUT2D eigenvalue weighted by Crippen LogP contribution is -2.37. The summed E-state index contributed by atoms with van der Waals surface area (Å²) >= 11 is 1.58. The molecule has 0 spiro atoms. The topological polar surface area (TPSA) is 47.6 Å². The van der Waals surface area contributed by atoms with Gasteiger partial charge in [0.05, 0.1) is 19.6 Å². The van der Waals surface area contributed by atoms with Gasteiger partial charge in [-0.1, -0.05) is 18.2 Å². The van der Waals surface area contributed by atoms with Gasteiger partial charge in [0.25, 0.3) is 0 Å². The first-order chi connectivity index (χ1) is 10.2. The average molecular weight is 305 g/mol. The van der Waals surface area contributed by atoms with Crippen molar-refractivity contribution < 1.29 is 14.3 Å². The molecule has 1 atom stereocenters. The number of hydrogen-bond acceptors (Lipinski definition) is 4. The highest BCUT2D eigenvalue weighted by Crippen LogP contribution is 2.25. The second-order valence-electron chi connectivity index (χ2n) is 4.69. The number of carbonyl (C=O) groups excluding carboxylic acids is 1. The maximum atomic E-state index is 11.9. The van der Waals surface area contributed by atoms with E-state index in [0.717, 1.165) is 4.88 Å². The van der Waals surface area contributed by atoms with E-state index in [2.05, 4.69) is 5.32 Å². The van der Waals surface area contributed by atoms with E-state index in [1.807, 2.05) is 48.7 Å². The lowest BCUT2D eigenvalue weighted by atomic mass is 10.3. The van der Waals surface area contributed by atoms with E-state index in [1.54, 1.807) is 18.4 Å². The molecule has 0 radical (unpaired) electrons. The van der Waals surface area contributed by atoms with Crippen molar-refractivity contribution >= 4 is 17.2 Å². The average Bonchev–Trinajstić information content (AvgIpc) is 2.98. The van der Waals surface area contributed by atoms with Gasteiger partial charge < -0.3 is 14.8 Å². The number of thiophene rings is 1. The molecule has 1 amide bonds. The number of benzene rings is 1. The predicted octanol–water partition coefficient (Wildman–Crippen LogP) is 2.88. The molecule has 5 heteroatoms. The highest BCUT2D eigenvalue weighted by molar-refractivity contribution is 7.10. The first kappa shape index (κ1) is 15.4. The van der Waals surface area contributed by atoms with Crippen LogP contribution in [0.15, 0.2) is 41.8 Å². The van der Waals surface area contributed by atoms with Crippen molar-refractivity contribution in [1.82, 2.24) is 5.32 Å². The third-order valence-electron chi connectivity index (χ3n) is 2.88. The largest absolute Gasteiger partial charge is 0.493 e. The number of carbonyl (C=O) groups is 1. The van der Waals surface area contributed by atoms with Crippen LogP contribution in [0.5, 0.6) is 11.5 Å². The Hall–Kier alpha value is -2.01. The number of para-hydroxylation sites is 2. The van der Waals surface area contributed by atoms with Crippen LogP contribution in [0.25, 0.3) is 0 Å². The molecule has 0 bridgehead atoms. The molecule has 1 aromatic heterocycles. The number of hydrogen-bond donors (Lipinski definition) is 1. The SMILES string of the molecule is COc1ccccc1OC[C@@H](C)NC(=O)Cc1cccs1. The molecule has 2 aromatic rings. The van der Waals surface area contributed by atoms with Crippen molar-refractivity contribution in [3.05, 3.63) is 46.7 Å². The van der Waals surface area contributed by atoms with E-state index in [9.17, 15) is 4.79 Å². The van der Waals surface area contributed by atoms with Crippen LogP contribution in [0, 0.1) is 0 Å². The molecule has 1 N–H and O–H groups in total. The third-order valence-corrected chi connectivity index (χ3v) is 3.76. The lowest BCUT2D eigenvalue weighted by molar-refractivity contribution is -0.121. The van der Waals surface area contributed by atoms with Crippen molar-refractivity contribution in [2.45, 2.75) is 19.4 Å². The summed E-state index contributed by atoms with van der Waals surface area (Å²) in [5.41, 5.74) is 0. The van der Waals surface area contributed by atoms with Gasteiger partial charge in [0.1, 0.15) is 6.61 Å². The van der Waals surface area contributed by atoms with E-state index in [0.29, 0.717) is 24.5 Å². The number of ether oxygens (including phenoxy) is 2. The molecule has 2 rings (SSSR count). The Labute approximate surface area is 128 Å². The van der Waals surface area contributed by atoms with Crippen LogP contribution in [0.1, 0.15) is 11.8 Å². The Kier molecular flexibility index (Phi) is 5.63. The Morgan fingerprint density at radius 2 is 2.00 bits per heavy atom. The Morgan fingerprint density at radius 3 is 2.67 bits per heavy atom. The second-order valence-corrected chi connectivity index (χ2v) is 5.72. The maximum absolute atomic E-state index is 11.9. The van der Waals surface area contributed by atoms with Crippen molar-refractivity contribution in [2.24, 2.45) is 0 Å². The van der Waals surface area contributed by atoms with Gasteiger partial charge in [-0.05, 0) is 30.5 Å². The van der Waals surface area contributed by atoms with Crippen LogP contribution in [0.2, 0.25) is 0 Å². The van der Waals surface area contributed by atoms with Crippen LogP contribution in [-0.2, 0) is 11.2 Å². The molecule has 0 saturated carbocycles. The highest BCUT2D eigenvalue weighted by atomic mass is 32.1. The normalized spacial score (nSPS) is 11.7. The highest BCUT2D eigenvalue weighted by Gasteiger charge is 2.10. The molecule has 0 saturated heterocycles. The Bertz CT molecular complexity index is 569. The van der Waals surface area contributed by atoms with Crippen molar-refractivity contribution in [1.29, 1.82) is 0 Å². The maximum Gasteiger partial charge on any atom is 0.225 e. The summed E-state index contributed by atoms with van der Waals surface area (Å²) in [5.74, 6) is 1.38. The van der Waals surface area contributed by atoms with Crippen molar-refractivity contribution in [3.63, 3.8) is 0 Å². The molecular weight excluding hydrogens is 286 g/mol. The van der Waals surface area contributed by atoms with E-state index >= 15 is 0 Å². The molecule has 0 aliphatic heterocycles. The lowest BCUT2D eigenvalue weighted by Gasteiger charge is -2.16. The monoisotopic (exact) mass is 305 g/mol. The zero-order chi connectivity index (χ0) is 15.1. The molecule has 0 aliphatic rings. The van der Waals surface area contributed by atoms with E-state index in [1.165, 1.54) is 0 Å². The number of methoxy groups -OCH3 is 1. The van der Waals surface area contributed by atoms with Gasteiger partial charge in [-0.15, -0.1) is 11.3 Å². The van der Waals surface area contributed by atoms with Crippen LogP contribution >= 0.6 is 11.3 Å². The summed E-state index contributed by atoms with van der Waals surface area (Å²) in [6.07, 6.45) is 0.413. The van der Waals surface area contributed by atoms with Crippen molar-refractivity contribution in [3.8, 4) is 11.5 Å². The zero-order valence-electron chi connectivity index (χ0n) is 12.2. The van der Waals surface area contributed by atoms with Gasteiger partial charge >= 0.3 is 0 Å². The quantitative estimate of drug-likeness (QED) is 0.855. The fraction of sp³-hybridized carbons (Fsp3) is 0.312. The molecule has 0 fully saturated rings. The van der Waals surface area contributed by atoms with Gasteiger partial charge in [0.15, 0.2) is 11.5 Å². The van der Waals surface area contributed by atoms with Crippen LogP contribution < -0.4 is 14.8 Å². The van der Waals surface area contributed by atoms with Gasteiger partial charge in [-0.3, -0.25) is 4.79 Å². The molecule has 21 heavy (non-hydrogen) atoms. The third kappa shape index (κ3) is 4.79. The number of rotatable bonds is 7. The summed E-state index contributed by atoms with van der Waals surface area (Å²) in [6, 6.07) is 11.3. The molecule has 0 aliphatic carbocycles. The fourth-order valence-electron chi connectivity index (χ4n) is 1.89. The standard InChI is InChI=1S/C16H19NO3S/c1-12(17-16(18)10-13-6-5-9-21-13)11-20-15-8-4-3-7-14(15)19-2/h3-9,12H,10-11H2,1-2H3,(H,17,18)/t12-/m1/s1. The molecule has 1 heterocycles. The second kappa shape index (κ2) is 7.69. The van der Waals surface area contributed by atoms with Crippen LogP contribution in [0.3, 0.4) is 0 Å². The minimum Gasteiger partial charge on any atom is -0.493 e. The van der Waals surface area contributed by atoms with Gasteiger partial charge in [-0.2, -0.15) is 0 Å². The molecular formula is C16H19NO3S. The molecule has 4 nitrogen and oxygen atoms in total. The van der Waals surface area contributed by atoms with E-state index < -0.39 is 0 Å².